The number of para-hydroxylation sites is 1. The van der Waals surface area contributed by atoms with Crippen LogP contribution >= 0.6 is 11.8 Å². The van der Waals surface area contributed by atoms with Crippen LogP contribution in [0.2, 0.25) is 0 Å². The summed E-state index contributed by atoms with van der Waals surface area (Å²) in [6, 6.07) is 8.19. The topological polar surface area (TPSA) is 32.3 Å². The summed E-state index contributed by atoms with van der Waals surface area (Å²) < 4.78 is 0. The van der Waals surface area contributed by atoms with Crippen LogP contribution < -0.4 is 5.32 Å². The lowest BCUT2D eigenvalue weighted by Gasteiger charge is -2.20. The Kier molecular flexibility index (Phi) is 4.75. The molecule has 2 unspecified atom stereocenters. The van der Waals surface area contributed by atoms with Gasteiger partial charge in [0, 0.05) is 23.4 Å². The molecule has 0 aromatic heterocycles. The number of thioether (sulfide) groups is 1. The van der Waals surface area contributed by atoms with E-state index in [0.29, 0.717) is 11.8 Å². The molecule has 2 rings (SSSR count). The second kappa shape index (κ2) is 6.31. The average molecular weight is 251 g/mol. The van der Waals surface area contributed by atoms with Crippen LogP contribution in [-0.4, -0.2) is 22.2 Å². The fraction of sp³-hybridized carbons (Fsp3) is 0.571. The number of nitrogens with one attached hydrogen (secondary N) is 1. The molecule has 2 atom stereocenters. The summed E-state index contributed by atoms with van der Waals surface area (Å²) in [5.41, 5.74) is 1.000. The van der Waals surface area contributed by atoms with Crippen molar-refractivity contribution in [1.29, 1.82) is 0 Å². The van der Waals surface area contributed by atoms with E-state index >= 15 is 0 Å². The Morgan fingerprint density at radius 2 is 2.18 bits per heavy atom. The standard InChI is InChI=1S/C14H21NOS/c1-2-17-14-9-5-7-12(14)15-10-11-6-3-4-8-13(11)16/h3-4,6,8,12,14-16H,2,5,7,9-10H2,1H3. The van der Waals surface area contributed by atoms with Crippen molar-refractivity contribution in [2.45, 2.75) is 44.0 Å². The molecular formula is C14H21NOS. The molecule has 17 heavy (non-hydrogen) atoms. The van der Waals surface area contributed by atoms with Crippen molar-refractivity contribution in [3.8, 4) is 5.75 Å². The van der Waals surface area contributed by atoms with Gasteiger partial charge >= 0.3 is 0 Å². The molecule has 1 aliphatic rings. The van der Waals surface area contributed by atoms with Crippen LogP contribution in [0.15, 0.2) is 24.3 Å². The maximum Gasteiger partial charge on any atom is 0.120 e. The Balaban J connectivity index is 1.87. The van der Waals surface area contributed by atoms with Crippen molar-refractivity contribution in [3.63, 3.8) is 0 Å². The molecule has 2 nitrogen and oxygen atoms in total. The highest BCUT2D eigenvalue weighted by molar-refractivity contribution is 7.99. The van der Waals surface area contributed by atoms with Crippen molar-refractivity contribution in [2.24, 2.45) is 0 Å². The van der Waals surface area contributed by atoms with E-state index in [1.165, 1.54) is 25.0 Å². The number of phenolic OH excluding ortho intramolecular Hbond substituents is 1. The first-order valence-electron chi connectivity index (χ1n) is 6.43. The van der Waals surface area contributed by atoms with E-state index in [2.05, 4.69) is 24.0 Å². The third kappa shape index (κ3) is 3.39. The molecule has 0 aliphatic heterocycles. The zero-order chi connectivity index (χ0) is 12.1. The lowest BCUT2D eigenvalue weighted by molar-refractivity contribution is 0.457. The van der Waals surface area contributed by atoms with Crippen LogP contribution in [0, 0.1) is 0 Å². The minimum atomic E-state index is 0.401. The van der Waals surface area contributed by atoms with Gasteiger partial charge in [-0.25, -0.2) is 0 Å². The molecule has 94 valence electrons. The van der Waals surface area contributed by atoms with Crippen molar-refractivity contribution >= 4 is 11.8 Å². The largest absolute Gasteiger partial charge is 0.508 e. The molecule has 1 fully saturated rings. The van der Waals surface area contributed by atoms with Crippen LogP contribution in [0.4, 0.5) is 0 Å². The van der Waals surface area contributed by atoms with Crippen LogP contribution in [-0.2, 0) is 6.54 Å². The van der Waals surface area contributed by atoms with E-state index in [9.17, 15) is 5.11 Å². The molecule has 3 heteroatoms. The number of aromatic hydroxyl groups is 1. The maximum absolute atomic E-state index is 9.71. The van der Waals surface area contributed by atoms with Crippen LogP contribution in [0.5, 0.6) is 5.75 Å². The van der Waals surface area contributed by atoms with Gasteiger partial charge in [0.15, 0.2) is 0 Å². The van der Waals surface area contributed by atoms with Gasteiger partial charge in [0.2, 0.25) is 0 Å². The SMILES string of the molecule is CCSC1CCCC1NCc1ccccc1O. The summed E-state index contributed by atoms with van der Waals surface area (Å²) in [4.78, 5) is 0. The van der Waals surface area contributed by atoms with Gasteiger partial charge in [-0.3, -0.25) is 0 Å². The van der Waals surface area contributed by atoms with Crippen LogP contribution in [0.25, 0.3) is 0 Å². The van der Waals surface area contributed by atoms with E-state index in [1.54, 1.807) is 6.07 Å². The average Bonchev–Trinajstić information content (AvgIpc) is 2.76. The van der Waals surface area contributed by atoms with Crippen molar-refractivity contribution in [2.75, 3.05) is 5.75 Å². The lowest BCUT2D eigenvalue weighted by atomic mass is 10.1. The lowest BCUT2D eigenvalue weighted by Crippen LogP contribution is -2.33. The minimum absolute atomic E-state index is 0.401. The number of rotatable bonds is 5. The smallest absolute Gasteiger partial charge is 0.120 e. The highest BCUT2D eigenvalue weighted by atomic mass is 32.2. The zero-order valence-corrected chi connectivity index (χ0v) is 11.2. The third-order valence-corrected chi connectivity index (χ3v) is 4.71. The predicted octanol–water partition coefficient (Wildman–Crippen LogP) is 3.16. The Bertz CT molecular complexity index is 356. The molecule has 0 spiro atoms. The van der Waals surface area contributed by atoms with Crippen molar-refractivity contribution < 1.29 is 5.11 Å². The fourth-order valence-electron chi connectivity index (χ4n) is 2.47. The Morgan fingerprint density at radius 3 is 2.94 bits per heavy atom. The first kappa shape index (κ1) is 12.8. The zero-order valence-electron chi connectivity index (χ0n) is 10.4. The van der Waals surface area contributed by atoms with Crippen LogP contribution in [0.3, 0.4) is 0 Å². The summed E-state index contributed by atoms with van der Waals surface area (Å²) in [5, 5.41) is 14.1. The molecule has 1 aromatic carbocycles. The highest BCUT2D eigenvalue weighted by Gasteiger charge is 2.26. The van der Waals surface area contributed by atoms with E-state index in [4.69, 9.17) is 0 Å². The molecule has 0 radical (unpaired) electrons. The summed E-state index contributed by atoms with van der Waals surface area (Å²) in [5.74, 6) is 1.59. The first-order valence-corrected chi connectivity index (χ1v) is 7.48. The van der Waals surface area contributed by atoms with E-state index in [1.807, 2.05) is 18.2 Å². The van der Waals surface area contributed by atoms with E-state index < -0.39 is 0 Å². The second-order valence-electron chi connectivity index (χ2n) is 4.54. The second-order valence-corrected chi connectivity index (χ2v) is 6.06. The molecule has 0 bridgehead atoms. The van der Waals surface area contributed by atoms with Gasteiger partial charge in [-0.05, 0) is 24.7 Å². The molecule has 1 saturated carbocycles. The molecule has 1 aromatic rings. The Hall–Kier alpha value is -0.670. The Morgan fingerprint density at radius 1 is 1.35 bits per heavy atom. The minimum Gasteiger partial charge on any atom is -0.508 e. The molecule has 2 N–H and O–H groups in total. The molecule has 1 aliphatic carbocycles. The first-order chi connectivity index (χ1) is 8.31. The Labute approximate surface area is 108 Å². The van der Waals surface area contributed by atoms with E-state index in [0.717, 1.165) is 17.4 Å². The number of hydrogen-bond donors (Lipinski definition) is 2. The summed E-state index contributed by atoms with van der Waals surface area (Å²) in [6.45, 7) is 3.00. The highest BCUT2D eigenvalue weighted by Crippen LogP contribution is 2.30. The van der Waals surface area contributed by atoms with Gasteiger partial charge in [0.1, 0.15) is 5.75 Å². The maximum atomic E-state index is 9.71. The van der Waals surface area contributed by atoms with Crippen molar-refractivity contribution in [1.82, 2.24) is 5.32 Å². The van der Waals surface area contributed by atoms with Gasteiger partial charge in [0.05, 0.1) is 0 Å². The molecular weight excluding hydrogens is 230 g/mol. The summed E-state index contributed by atoms with van der Waals surface area (Å²) >= 11 is 2.06. The third-order valence-electron chi connectivity index (χ3n) is 3.38. The molecule has 0 saturated heterocycles. The van der Waals surface area contributed by atoms with Gasteiger partial charge in [0.25, 0.3) is 0 Å². The van der Waals surface area contributed by atoms with Gasteiger partial charge in [-0.2, -0.15) is 11.8 Å². The normalized spacial score (nSPS) is 24.1. The van der Waals surface area contributed by atoms with Gasteiger partial charge in [-0.15, -0.1) is 0 Å². The van der Waals surface area contributed by atoms with Gasteiger partial charge in [-0.1, -0.05) is 31.5 Å². The number of phenols is 1. The van der Waals surface area contributed by atoms with Gasteiger partial charge < -0.3 is 10.4 Å². The molecule has 0 heterocycles. The molecule has 0 amide bonds. The quantitative estimate of drug-likeness (QED) is 0.843. The predicted molar refractivity (Wildman–Crippen MR) is 74.5 cm³/mol. The summed E-state index contributed by atoms with van der Waals surface area (Å²) in [6.07, 6.45) is 3.93. The monoisotopic (exact) mass is 251 g/mol. The van der Waals surface area contributed by atoms with E-state index in [-0.39, 0.29) is 0 Å². The fourth-order valence-corrected chi connectivity index (χ4v) is 3.70. The van der Waals surface area contributed by atoms with Crippen LogP contribution in [0.1, 0.15) is 31.7 Å². The number of benzene rings is 1. The van der Waals surface area contributed by atoms with Crippen molar-refractivity contribution in [3.05, 3.63) is 29.8 Å². The number of hydrogen-bond acceptors (Lipinski definition) is 3. The summed E-state index contributed by atoms with van der Waals surface area (Å²) in [7, 11) is 0.